The molecule has 1 N–H and O–H groups in total. The molecule has 0 fully saturated rings. The van der Waals surface area contributed by atoms with Gasteiger partial charge in [-0.25, -0.2) is 8.78 Å². The summed E-state index contributed by atoms with van der Waals surface area (Å²) in [4.78, 5) is 26.4. The summed E-state index contributed by atoms with van der Waals surface area (Å²) in [6.07, 6.45) is 2.01. The summed E-state index contributed by atoms with van der Waals surface area (Å²) in [5, 5.41) is 2.79. The van der Waals surface area contributed by atoms with Crippen molar-refractivity contribution in [2.24, 2.45) is 5.92 Å². The molecule has 2 aromatic rings. The largest absolute Gasteiger partial charge is 0.356 e. The zero-order valence-electron chi connectivity index (χ0n) is 16.1. The molecule has 0 saturated heterocycles. The van der Waals surface area contributed by atoms with Crippen molar-refractivity contribution in [3.8, 4) is 0 Å². The van der Waals surface area contributed by atoms with Gasteiger partial charge in [-0.1, -0.05) is 19.9 Å². The van der Waals surface area contributed by atoms with Crippen molar-refractivity contribution in [2.75, 3.05) is 13.1 Å². The molecule has 1 aromatic heterocycles. The number of nitrogens with one attached hydrogen (secondary N) is 1. The Labute approximate surface area is 163 Å². The number of benzene rings is 1. The molecule has 0 spiro atoms. The highest BCUT2D eigenvalue weighted by atomic mass is 19.1. The fourth-order valence-corrected chi connectivity index (χ4v) is 3.47. The zero-order chi connectivity index (χ0) is 20.3. The summed E-state index contributed by atoms with van der Waals surface area (Å²) in [7, 11) is 0. The van der Waals surface area contributed by atoms with Crippen molar-refractivity contribution in [2.45, 2.75) is 39.3 Å². The highest BCUT2D eigenvalue weighted by Gasteiger charge is 2.33. The molecule has 0 saturated carbocycles. The van der Waals surface area contributed by atoms with Crippen molar-refractivity contribution in [1.82, 2.24) is 14.8 Å². The van der Waals surface area contributed by atoms with Gasteiger partial charge in [-0.05, 0) is 24.1 Å². The van der Waals surface area contributed by atoms with Crippen LogP contribution in [-0.4, -0.2) is 34.4 Å². The van der Waals surface area contributed by atoms with Gasteiger partial charge in [-0.2, -0.15) is 0 Å². The van der Waals surface area contributed by atoms with Gasteiger partial charge < -0.3 is 14.8 Å². The van der Waals surface area contributed by atoms with Crippen LogP contribution in [0.25, 0.3) is 0 Å². The van der Waals surface area contributed by atoms with Crippen LogP contribution in [0.5, 0.6) is 0 Å². The predicted octanol–water partition coefficient (Wildman–Crippen LogP) is 3.25. The summed E-state index contributed by atoms with van der Waals surface area (Å²) in [6.45, 7) is 5.54. The van der Waals surface area contributed by atoms with Crippen molar-refractivity contribution < 1.29 is 18.4 Å². The van der Waals surface area contributed by atoms with E-state index in [1.807, 2.05) is 36.7 Å². The number of hydrogen-bond donors (Lipinski definition) is 1. The quantitative estimate of drug-likeness (QED) is 0.825. The number of carbonyl (C=O) groups is 2. The van der Waals surface area contributed by atoms with Gasteiger partial charge in [-0.15, -0.1) is 0 Å². The molecule has 0 bridgehead atoms. The second-order valence-corrected chi connectivity index (χ2v) is 7.48. The number of carbonyl (C=O) groups excluding carboxylic acids is 2. The van der Waals surface area contributed by atoms with Gasteiger partial charge in [0.1, 0.15) is 17.7 Å². The lowest BCUT2D eigenvalue weighted by Gasteiger charge is -2.37. The monoisotopic (exact) mass is 389 g/mol. The minimum Gasteiger partial charge on any atom is -0.356 e. The minimum atomic E-state index is -0.688. The van der Waals surface area contributed by atoms with Crippen molar-refractivity contribution in [3.63, 3.8) is 0 Å². The Morgan fingerprint density at radius 1 is 1.18 bits per heavy atom. The summed E-state index contributed by atoms with van der Waals surface area (Å²) in [6, 6.07) is 6.45. The van der Waals surface area contributed by atoms with E-state index in [1.54, 1.807) is 4.90 Å². The Kier molecular flexibility index (Phi) is 6.11. The predicted molar refractivity (Wildman–Crippen MR) is 101 cm³/mol. The molecule has 150 valence electrons. The maximum Gasteiger partial charge on any atom is 0.223 e. The Balaban J connectivity index is 1.79. The second-order valence-electron chi connectivity index (χ2n) is 7.48. The Hall–Kier alpha value is -2.70. The van der Waals surface area contributed by atoms with Gasteiger partial charge >= 0.3 is 0 Å². The fraction of sp³-hybridized carbons (Fsp3) is 0.429. The van der Waals surface area contributed by atoms with E-state index in [4.69, 9.17) is 0 Å². The molecule has 0 radical (unpaired) electrons. The number of aromatic nitrogens is 1. The van der Waals surface area contributed by atoms with Crippen molar-refractivity contribution >= 4 is 11.8 Å². The first-order chi connectivity index (χ1) is 13.4. The first kappa shape index (κ1) is 20.0. The lowest BCUT2D eigenvalue weighted by Crippen LogP contribution is -2.43. The highest BCUT2D eigenvalue weighted by molar-refractivity contribution is 5.84. The average Bonchev–Trinajstić information content (AvgIpc) is 3.13. The van der Waals surface area contributed by atoms with Crippen LogP contribution in [0.3, 0.4) is 0 Å². The van der Waals surface area contributed by atoms with Crippen LogP contribution >= 0.6 is 0 Å². The van der Waals surface area contributed by atoms with Gasteiger partial charge in [0.05, 0.1) is 0 Å². The Bertz CT molecular complexity index is 863. The lowest BCUT2D eigenvalue weighted by atomic mass is 9.98. The van der Waals surface area contributed by atoms with E-state index in [2.05, 4.69) is 5.32 Å². The van der Waals surface area contributed by atoms with Crippen molar-refractivity contribution in [1.29, 1.82) is 0 Å². The number of hydrogen-bond acceptors (Lipinski definition) is 2. The van der Waals surface area contributed by atoms with E-state index in [0.717, 1.165) is 11.8 Å². The molecule has 3 rings (SSSR count). The fourth-order valence-electron chi connectivity index (χ4n) is 3.47. The van der Waals surface area contributed by atoms with E-state index >= 15 is 0 Å². The molecular formula is C21H25F2N3O2. The third kappa shape index (κ3) is 4.40. The van der Waals surface area contributed by atoms with E-state index in [0.29, 0.717) is 25.6 Å². The first-order valence-corrected chi connectivity index (χ1v) is 9.53. The molecule has 7 heteroatoms. The van der Waals surface area contributed by atoms with E-state index in [-0.39, 0.29) is 30.2 Å². The molecule has 2 amide bonds. The van der Waals surface area contributed by atoms with Crippen LogP contribution < -0.4 is 5.32 Å². The van der Waals surface area contributed by atoms with Gasteiger partial charge in [0.2, 0.25) is 11.8 Å². The topological polar surface area (TPSA) is 54.3 Å². The number of halogens is 2. The number of rotatable bonds is 6. The van der Waals surface area contributed by atoms with Crippen LogP contribution in [0.2, 0.25) is 0 Å². The molecule has 1 unspecified atom stereocenters. The molecule has 5 nitrogen and oxygen atoms in total. The van der Waals surface area contributed by atoms with Crippen LogP contribution in [0.1, 0.15) is 44.0 Å². The molecule has 2 heterocycles. The van der Waals surface area contributed by atoms with Crippen LogP contribution in [0.4, 0.5) is 8.78 Å². The molecule has 1 aliphatic heterocycles. The third-order valence-electron chi connectivity index (χ3n) is 4.89. The third-order valence-corrected chi connectivity index (χ3v) is 4.89. The maximum absolute atomic E-state index is 14.5. The Morgan fingerprint density at radius 3 is 2.68 bits per heavy atom. The maximum atomic E-state index is 14.5. The normalized spacial score (nSPS) is 16.2. The average molecular weight is 389 g/mol. The minimum absolute atomic E-state index is 0.0456. The molecular weight excluding hydrogens is 364 g/mol. The lowest BCUT2D eigenvalue weighted by molar-refractivity contribution is -0.136. The highest BCUT2D eigenvalue weighted by Crippen LogP contribution is 2.34. The van der Waals surface area contributed by atoms with Crippen molar-refractivity contribution in [3.05, 3.63) is 59.4 Å². The van der Waals surface area contributed by atoms with Gasteiger partial charge in [0.15, 0.2) is 0 Å². The number of fused-ring (bicyclic) bond motifs is 1. The van der Waals surface area contributed by atoms with Crippen LogP contribution in [-0.2, 0) is 16.1 Å². The number of nitrogens with zero attached hydrogens (tertiary/aromatic N) is 2. The van der Waals surface area contributed by atoms with E-state index < -0.39 is 17.7 Å². The second kappa shape index (κ2) is 8.54. The van der Waals surface area contributed by atoms with Gasteiger partial charge in [-0.3, -0.25) is 9.59 Å². The van der Waals surface area contributed by atoms with Gasteiger partial charge in [0.25, 0.3) is 0 Å². The van der Waals surface area contributed by atoms with E-state index in [1.165, 1.54) is 12.1 Å². The Morgan fingerprint density at radius 2 is 1.96 bits per heavy atom. The summed E-state index contributed by atoms with van der Waals surface area (Å²) in [5.74, 6) is -1.41. The standard InChI is InChI=1S/C21H25F2N3O2/c1-14(2)13-24-19(27)7-8-20(28)26-11-10-25-9-3-4-18(25)21(26)16-6-5-15(22)12-17(16)23/h3-6,9,12,14,21H,7-8,10-11,13H2,1-2H3,(H,24,27). The summed E-state index contributed by atoms with van der Waals surface area (Å²) < 4.78 is 29.9. The zero-order valence-corrected chi connectivity index (χ0v) is 16.1. The molecule has 28 heavy (non-hydrogen) atoms. The summed E-state index contributed by atoms with van der Waals surface area (Å²) in [5.41, 5.74) is 1.02. The molecule has 1 aliphatic rings. The smallest absolute Gasteiger partial charge is 0.223 e. The van der Waals surface area contributed by atoms with Gasteiger partial charge in [0, 0.05) is 56.0 Å². The first-order valence-electron chi connectivity index (χ1n) is 9.53. The molecule has 1 atom stereocenters. The van der Waals surface area contributed by atoms with Crippen LogP contribution in [0.15, 0.2) is 36.5 Å². The number of amides is 2. The summed E-state index contributed by atoms with van der Waals surface area (Å²) >= 11 is 0. The molecule has 1 aromatic carbocycles. The van der Waals surface area contributed by atoms with Crippen LogP contribution in [0, 0.1) is 17.6 Å². The SMILES string of the molecule is CC(C)CNC(=O)CCC(=O)N1CCn2cccc2C1c1ccc(F)cc1F. The van der Waals surface area contributed by atoms with E-state index in [9.17, 15) is 18.4 Å². The molecule has 0 aliphatic carbocycles.